The molecule has 4 amide bonds. The summed E-state index contributed by atoms with van der Waals surface area (Å²) in [6, 6.07) is 15.5. The molecule has 2 saturated heterocycles. The summed E-state index contributed by atoms with van der Waals surface area (Å²) in [5.74, 6) is -2.61. The van der Waals surface area contributed by atoms with Crippen LogP contribution in [0, 0.1) is 17.3 Å². The van der Waals surface area contributed by atoms with E-state index >= 15 is 0 Å². The first-order valence-electron chi connectivity index (χ1n) is 23.4. The normalized spacial score (nSPS) is 22.1. The molecule has 0 aliphatic carbocycles. The fourth-order valence-corrected chi connectivity index (χ4v) is 10.3. The number of benzene rings is 2. The Labute approximate surface area is 389 Å². The number of nitrogens with one attached hydrogen (secondary N) is 2. The zero-order chi connectivity index (χ0) is 47.6. The van der Waals surface area contributed by atoms with Crippen molar-refractivity contribution in [3.63, 3.8) is 0 Å². The fourth-order valence-electron chi connectivity index (χ4n) is 10.3. The maximum atomic E-state index is 14.7. The van der Waals surface area contributed by atoms with Crippen molar-refractivity contribution in [3.8, 4) is 22.4 Å². The monoisotopic (exact) mass is 902 g/mol. The third kappa shape index (κ3) is 9.67. The first-order valence-corrected chi connectivity index (χ1v) is 23.4. The number of likely N-dealkylation sites (N-methyl/N-ethyl adjacent to an activating group) is 1. The van der Waals surface area contributed by atoms with E-state index in [2.05, 4.69) is 79.1 Å². The van der Waals surface area contributed by atoms with Gasteiger partial charge in [-0.1, -0.05) is 64.6 Å². The Morgan fingerprint density at radius 1 is 1.06 bits per heavy atom. The Hall–Kier alpha value is -5.86. The van der Waals surface area contributed by atoms with Gasteiger partial charge in [-0.15, -0.1) is 0 Å². The summed E-state index contributed by atoms with van der Waals surface area (Å²) in [6.07, 6.45) is 5.01. The van der Waals surface area contributed by atoms with E-state index in [4.69, 9.17) is 14.5 Å². The zero-order valence-electron chi connectivity index (χ0n) is 40.1. The molecule has 3 aliphatic rings. The highest BCUT2D eigenvalue weighted by Crippen LogP contribution is 2.42. The number of esters is 1. The number of likely N-dealkylation sites (tertiary alicyclic amines) is 1. The second-order valence-corrected chi connectivity index (χ2v) is 19.4. The molecule has 14 nitrogen and oxygen atoms in total. The van der Waals surface area contributed by atoms with E-state index in [9.17, 15) is 24.0 Å². The first-order chi connectivity index (χ1) is 31.5. The number of nitrogens with zero attached hydrogens (tertiary/aromatic N) is 5. The highest BCUT2D eigenvalue weighted by molar-refractivity contribution is 5.96. The molecule has 6 bridgehead atoms. The SMILES string of the molecule is C=CC(=O)N1CC[C@H](C(=O)N(C)C(C(=O)N[C@H]2Cc3cccc(c3)-c3ccc4c(c3)c(c(-c3cccnc3[C@H](C)OC)n4CC)CC(C)(C)COC(=O)[C@@H]3CCCN(N3)C2=O)C(C)C)[C@H]1C. The number of hydrogen-bond donors (Lipinski definition) is 2. The molecule has 66 heavy (non-hydrogen) atoms. The lowest BCUT2D eigenvalue weighted by molar-refractivity contribution is -0.155. The predicted octanol–water partition coefficient (Wildman–Crippen LogP) is 6.65. The molecule has 2 fully saturated rings. The van der Waals surface area contributed by atoms with Gasteiger partial charge in [-0.2, -0.15) is 0 Å². The van der Waals surface area contributed by atoms with Gasteiger partial charge in [0, 0.05) is 74.3 Å². The number of hydrazine groups is 1. The number of rotatable bonds is 10. The summed E-state index contributed by atoms with van der Waals surface area (Å²) in [6.45, 7) is 19.1. The van der Waals surface area contributed by atoms with Crippen molar-refractivity contribution in [1.82, 2.24) is 35.1 Å². The van der Waals surface area contributed by atoms with Crippen molar-refractivity contribution in [3.05, 3.63) is 90.3 Å². The third-order valence-electron chi connectivity index (χ3n) is 13.8. The van der Waals surface area contributed by atoms with Gasteiger partial charge in [0.15, 0.2) is 0 Å². The van der Waals surface area contributed by atoms with E-state index in [0.717, 1.165) is 50.1 Å². The number of amides is 4. The summed E-state index contributed by atoms with van der Waals surface area (Å²) in [4.78, 5) is 77.8. The molecule has 6 atom stereocenters. The van der Waals surface area contributed by atoms with Crippen molar-refractivity contribution in [2.24, 2.45) is 17.3 Å². The van der Waals surface area contributed by atoms with Gasteiger partial charge in [0.05, 0.1) is 30.0 Å². The minimum absolute atomic E-state index is 0.135. The number of pyridine rings is 1. The molecule has 0 saturated carbocycles. The lowest BCUT2D eigenvalue weighted by Gasteiger charge is -2.37. The molecule has 2 aromatic carbocycles. The van der Waals surface area contributed by atoms with Crippen LogP contribution in [0.5, 0.6) is 0 Å². The first kappa shape index (κ1) is 48.1. The quantitative estimate of drug-likeness (QED) is 0.132. The summed E-state index contributed by atoms with van der Waals surface area (Å²) >= 11 is 0. The molecule has 0 spiro atoms. The van der Waals surface area contributed by atoms with Crippen LogP contribution in [0.4, 0.5) is 0 Å². The smallest absolute Gasteiger partial charge is 0.324 e. The van der Waals surface area contributed by atoms with E-state index in [1.807, 2.05) is 45.9 Å². The largest absolute Gasteiger partial charge is 0.464 e. The van der Waals surface area contributed by atoms with Gasteiger partial charge in [-0.3, -0.25) is 34.0 Å². The second kappa shape index (κ2) is 19.9. The van der Waals surface area contributed by atoms with Gasteiger partial charge in [0.2, 0.25) is 17.7 Å². The Morgan fingerprint density at radius 3 is 2.53 bits per heavy atom. The Balaban J connectivity index is 1.29. The molecule has 5 heterocycles. The van der Waals surface area contributed by atoms with Gasteiger partial charge in [-0.05, 0) is 105 Å². The molecule has 2 N–H and O–H groups in total. The number of hydrogen-bond acceptors (Lipinski definition) is 9. The van der Waals surface area contributed by atoms with Crippen molar-refractivity contribution < 1.29 is 33.4 Å². The summed E-state index contributed by atoms with van der Waals surface area (Å²) in [5.41, 5.74) is 10.5. The average Bonchev–Trinajstić information content (AvgIpc) is 3.85. The zero-order valence-corrected chi connectivity index (χ0v) is 40.1. The topological polar surface area (TPSA) is 155 Å². The minimum atomic E-state index is -1.05. The minimum Gasteiger partial charge on any atom is -0.464 e. The highest BCUT2D eigenvalue weighted by Gasteiger charge is 2.43. The second-order valence-electron chi connectivity index (χ2n) is 19.4. The number of aryl methyl sites for hydroxylation is 1. The Bertz CT molecular complexity index is 2500. The Kier molecular flexibility index (Phi) is 14.5. The third-order valence-corrected chi connectivity index (χ3v) is 13.8. The number of ether oxygens (including phenoxy) is 2. The van der Waals surface area contributed by atoms with Crippen LogP contribution >= 0.6 is 0 Å². The lowest BCUT2D eigenvalue weighted by atomic mass is 9.84. The van der Waals surface area contributed by atoms with Crippen LogP contribution in [-0.4, -0.2) is 112 Å². The number of aromatic nitrogens is 2. The van der Waals surface area contributed by atoms with E-state index in [-0.39, 0.29) is 42.9 Å². The number of carbonyl (C=O) groups excluding carboxylic acids is 5. The van der Waals surface area contributed by atoms with Gasteiger partial charge in [0.25, 0.3) is 5.91 Å². The van der Waals surface area contributed by atoms with E-state index in [0.29, 0.717) is 45.3 Å². The Morgan fingerprint density at radius 2 is 1.82 bits per heavy atom. The van der Waals surface area contributed by atoms with E-state index < -0.39 is 47.2 Å². The molecule has 7 rings (SSSR count). The van der Waals surface area contributed by atoms with E-state index in [1.165, 1.54) is 16.0 Å². The van der Waals surface area contributed by atoms with Crippen molar-refractivity contribution >= 4 is 40.5 Å². The molecule has 3 aliphatic heterocycles. The standard InChI is InChI=1S/C52H67N7O7/c1-11-44(60)58-25-22-37(32(58)5)49(62)56(9)46(31(3)4)48(61)54-42-27-34-16-13-17-35(26-34)36-20-21-43-39(28-36)40(47(57(43)12-2)38-18-14-23-53-45(38)33(6)65-10)29-52(7,8)30-66-51(64)41-19-15-24-59(55-41)50(42)63/h11,13-14,16-18,20-21,23,26,28,31-33,37,41-42,46,55H,1,12,15,19,22,24-25,27,29-30H2,2-10H3,(H,54,61)/t32-,33+,37+,41+,42+,46?/m1/s1. The molecule has 352 valence electrons. The fraction of sp³-hybridized carbons (Fsp3) is 0.500. The van der Waals surface area contributed by atoms with Gasteiger partial charge in [-0.25, -0.2) is 5.43 Å². The predicted molar refractivity (Wildman–Crippen MR) is 255 cm³/mol. The molecule has 14 heteroatoms. The molecular weight excluding hydrogens is 835 g/mol. The van der Waals surface area contributed by atoms with Crippen molar-refractivity contribution in [2.75, 3.05) is 33.9 Å². The molecular formula is C52H67N7O7. The maximum absolute atomic E-state index is 14.7. The van der Waals surface area contributed by atoms with Crippen LogP contribution in [0.15, 0.2) is 73.4 Å². The number of cyclic esters (lactones) is 1. The summed E-state index contributed by atoms with van der Waals surface area (Å²) < 4.78 is 14.3. The molecule has 1 unspecified atom stereocenters. The molecule has 4 aromatic rings. The van der Waals surface area contributed by atoms with Crippen LogP contribution in [0.25, 0.3) is 33.3 Å². The van der Waals surface area contributed by atoms with Gasteiger partial charge in [0.1, 0.15) is 18.1 Å². The average molecular weight is 902 g/mol. The number of carbonyl (C=O) groups is 5. The van der Waals surface area contributed by atoms with Crippen LogP contribution in [0.2, 0.25) is 0 Å². The van der Waals surface area contributed by atoms with Crippen molar-refractivity contribution in [2.45, 2.75) is 117 Å². The molecule has 0 radical (unpaired) electrons. The number of methoxy groups -OCH3 is 1. The van der Waals surface area contributed by atoms with Crippen LogP contribution in [0.3, 0.4) is 0 Å². The van der Waals surface area contributed by atoms with Gasteiger partial charge >= 0.3 is 5.97 Å². The molecule has 2 aromatic heterocycles. The van der Waals surface area contributed by atoms with E-state index in [1.54, 1.807) is 25.3 Å². The summed E-state index contributed by atoms with van der Waals surface area (Å²) in [7, 11) is 3.31. The van der Waals surface area contributed by atoms with Crippen LogP contribution in [0.1, 0.15) is 90.7 Å². The maximum Gasteiger partial charge on any atom is 0.324 e. The van der Waals surface area contributed by atoms with Gasteiger partial charge < -0.3 is 29.2 Å². The summed E-state index contributed by atoms with van der Waals surface area (Å²) in [5, 5.41) is 5.59. The number of fused-ring (bicyclic) bond motifs is 6. The van der Waals surface area contributed by atoms with Crippen LogP contribution < -0.4 is 10.7 Å². The van der Waals surface area contributed by atoms with Crippen LogP contribution in [-0.2, 0) is 52.8 Å². The van der Waals surface area contributed by atoms with Crippen molar-refractivity contribution in [1.29, 1.82) is 0 Å². The highest BCUT2D eigenvalue weighted by atomic mass is 16.5. The lowest BCUT2D eigenvalue weighted by Crippen LogP contribution is -2.62.